The summed E-state index contributed by atoms with van der Waals surface area (Å²) >= 11 is 0. The quantitative estimate of drug-likeness (QED) is 0.805. The molecule has 1 atom stereocenters. The Morgan fingerprint density at radius 1 is 1.39 bits per heavy atom. The van der Waals surface area contributed by atoms with Crippen molar-refractivity contribution in [2.75, 3.05) is 11.9 Å². The number of benzene rings is 1. The van der Waals surface area contributed by atoms with Crippen LogP contribution in [0.3, 0.4) is 0 Å². The van der Waals surface area contributed by atoms with E-state index < -0.39 is 0 Å². The zero-order valence-electron chi connectivity index (χ0n) is 10.2. The molecule has 1 saturated heterocycles. The molecular formula is C13H16N2O3. The van der Waals surface area contributed by atoms with Crippen molar-refractivity contribution in [2.24, 2.45) is 0 Å². The predicted octanol–water partition coefficient (Wildman–Crippen LogP) is 2.15. The molecule has 2 rings (SSSR count). The number of rotatable bonds is 3. The Morgan fingerprint density at radius 2 is 2.22 bits per heavy atom. The lowest BCUT2D eigenvalue weighted by atomic mass is 10.1. The average molecular weight is 248 g/mol. The number of nitrogens with one attached hydrogen (secondary N) is 2. The summed E-state index contributed by atoms with van der Waals surface area (Å²) in [6.07, 6.45) is 1.59. The summed E-state index contributed by atoms with van der Waals surface area (Å²) in [7, 11) is 0. The van der Waals surface area contributed by atoms with Gasteiger partial charge in [-0.05, 0) is 31.9 Å². The van der Waals surface area contributed by atoms with Crippen LogP contribution in [0.15, 0.2) is 24.3 Å². The Labute approximate surface area is 106 Å². The summed E-state index contributed by atoms with van der Waals surface area (Å²) in [4.78, 5) is 22.9. The number of ether oxygens (including phenoxy) is 1. The summed E-state index contributed by atoms with van der Waals surface area (Å²) < 4.78 is 5.30. The first-order valence-corrected chi connectivity index (χ1v) is 5.95. The van der Waals surface area contributed by atoms with Gasteiger partial charge in [0.15, 0.2) is 5.78 Å². The minimum absolute atomic E-state index is 0.0295. The van der Waals surface area contributed by atoms with Crippen LogP contribution in [-0.4, -0.2) is 24.6 Å². The van der Waals surface area contributed by atoms with E-state index in [2.05, 4.69) is 10.6 Å². The van der Waals surface area contributed by atoms with Crippen LogP contribution in [0.4, 0.5) is 10.5 Å². The van der Waals surface area contributed by atoms with Gasteiger partial charge < -0.3 is 15.4 Å². The Balaban J connectivity index is 1.93. The van der Waals surface area contributed by atoms with Crippen molar-refractivity contribution in [3.05, 3.63) is 29.8 Å². The van der Waals surface area contributed by atoms with Crippen molar-refractivity contribution >= 4 is 17.5 Å². The van der Waals surface area contributed by atoms with Gasteiger partial charge in [0.25, 0.3) is 0 Å². The number of ketones is 1. The number of amides is 2. The summed E-state index contributed by atoms with van der Waals surface area (Å²) in [6.45, 7) is 2.18. The summed E-state index contributed by atoms with van der Waals surface area (Å²) in [5.41, 5.74) is 1.17. The highest BCUT2D eigenvalue weighted by Crippen LogP contribution is 2.12. The molecule has 0 bridgehead atoms. The summed E-state index contributed by atoms with van der Waals surface area (Å²) in [5, 5.41) is 5.40. The van der Waals surface area contributed by atoms with E-state index in [1.165, 1.54) is 6.92 Å². The molecule has 2 N–H and O–H groups in total. The van der Waals surface area contributed by atoms with Gasteiger partial charge in [0.2, 0.25) is 0 Å². The molecule has 1 heterocycles. The van der Waals surface area contributed by atoms with Gasteiger partial charge in [-0.25, -0.2) is 4.79 Å². The van der Waals surface area contributed by atoms with Crippen LogP contribution in [-0.2, 0) is 4.74 Å². The van der Waals surface area contributed by atoms with Gasteiger partial charge in [-0.15, -0.1) is 0 Å². The molecule has 0 saturated carbocycles. The van der Waals surface area contributed by atoms with Gasteiger partial charge in [-0.1, -0.05) is 12.1 Å². The molecule has 0 aliphatic carbocycles. The Hall–Kier alpha value is -1.88. The van der Waals surface area contributed by atoms with Crippen molar-refractivity contribution in [2.45, 2.75) is 26.0 Å². The number of hydrogen-bond donors (Lipinski definition) is 2. The SMILES string of the molecule is CC(=O)c1cccc(NC(=O)NC2CCCO2)c1. The summed E-state index contributed by atoms with van der Waals surface area (Å²) in [6, 6.07) is 6.52. The summed E-state index contributed by atoms with van der Waals surface area (Å²) in [5.74, 6) is -0.0295. The number of urea groups is 1. The van der Waals surface area contributed by atoms with E-state index in [9.17, 15) is 9.59 Å². The molecule has 1 aliphatic heterocycles. The molecule has 0 spiro atoms. The van der Waals surface area contributed by atoms with E-state index in [1.807, 2.05) is 0 Å². The molecule has 1 fully saturated rings. The monoisotopic (exact) mass is 248 g/mol. The smallest absolute Gasteiger partial charge is 0.321 e. The van der Waals surface area contributed by atoms with Crippen molar-refractivity contribution in [3.63, 3.8) is 0 Å². The molecule has 18 heavy (non-hydrogen) atoms. The van der Waals surface area contributed by atoms with Crippen molar-refractivity contribution < 1.29 is 14.3 Å². The highest BCUT2D eigenvalue weighted by molar-refractivity contribution is 5.96. The maximum atomic E-state index is 11.7. The Kier molecular flexibility index (Phi) is 3.94. The molecule has 96 valence electrons. The van der Waals surface area contributed by atoms with Crippen LogP contribution in [0.2, 0.25) is 0 Å². The number of carbonyl (C=O) groups is 2. The molecule has 0 radical (unpaired) electrons. The Bertz CT molecular complexity index is 453. The van der Waals surface area contributed by atoms with Gasteiger partial charge in [0.05, 0.1) is 0 Å². The molecule has 0 aromatic heterocycles. The number of hydrogen-bond acceptors (Lipinski definition) is 3. The third-order valence-electron chi connectivity index (χ3n) is 2.75. The molecular weight excluding hydrogens is 232 g/mol. The van der Waals surface area contributed by atoms with E-state index in [4.69, 9.17) is 4.74 Å². The zero-order chi connectivity index (χ0) is 13.0. The van der Waals surface area contributed by atoms with E-state index in [0.717, 1.165) is 12.8 Å². The first kappa shape index (κ1) is 12.6. The minimum Gasteiger partial charge on any atom is -0.358 e. The number of Topliss-reactive ketones (excluding diaryl/α,β-unsaturated/α-hetero) is 1. The molecule has 1 aliphatic rings. The normalized spacial score (nSPS) is 18.4. The lowest BCUT2D eigenvalue weighted by Crippen LogP contribution is -2.37. The van der Waals surface area contributed by atoms with E-state index in [0.29, 0.717) is 17.9 Å². The third-order valence-corrected chi connectivity index (χ3v) is 2.75. The predicted molar refractivity (Wildman–Crippen MR) is 67.6 cm³/mol. The average Bonchev–Trinajstić information content (AvgIpc) is 2.82. The van der Waals surface area contributed by atoms with Crippen molar-refractivity contribution in [3.8, 4) is 0 Å². The highest BCUT2D eigenvalue weighted by atomic mass is 16.5. The van der Waals surface area contributed by atoms with Crippen molar-refractivity contribution in [1.82, 2.24) is 5.32 Å². The lowest BCUT2D eigenvalue weighted by molar-refractivity contribution is 0.0927. The van der Waals surface area contributed by atoms with E-state index >= 15 is 0 Å². The largest absolute Gasteiger partial charge is 0.358 e. The first-order valence-electron chi connectivity index (χ1n) is 5.95. The maximum absolute atomic E-state index is 11.7. The number of carbonyl (C=O) groups excluding carboxylic acids is 2. The van der Waals surface area contributed by atoms with Gasteiger partial charge in [0.1, 0.15) is 6.23 Å². The van der Waals surface area contributed by atoms with Gasteiger partial charge >= 0.3 is 6.03 Å². The van der Waals surface area contributed by atoms with Gasteiger partial charge in [0, 0.05) is 17.9 Å². The second-order valence-corrected chi connectivity index (χ2v) is 4.24. The lowest BCUT2D eigenvalue weighted by Gasteiger charge is -2.13. The van der Waals surface area contributed by atoms with E-state index in [-0.39, 0.29) is 18.0 Å². The molecule has 2 amide bonds. The minimum atomic E-state index is -0.317. The first-order chi connectivity index (χ1) is 8.65. The van der Waals surface area contributed by atoms with Crippen LogP contribution in [0.1, 0.15) is 30.1 Å². The zero-order valence-corrected chi connectivity index (χ0v) is 10.2. The third kappa shape index (κ3) is 3.30. The number of anilines is 1. The molecule has 5 nitrogen and oxygen atoms in total. The molecule has 1 aromatic rings. The Morgan fingerprint density at radius 3 is 2.89 bits per heavy atom. The van der Waals surface area contributed by atoms with Crippen LogP contribution in [0, 0.1) is 0 Å². The molecule has 1 aromatic carbocycles. The van der Waals surface area contributed by atoms with E-state index in [1.54, 1.807) is 24.3 Å². The molecule has 5 heteroatoms. The maximum Gasteiger partial charge on any atom is 0.321 e. The van der Waals surface area contributed by atoms with Crippen molar-refractivity contribution in [1.29, 1.82) is 0 Å². The standard InChI is InChI=1S/C13H16N2O3/c1-9(16)10-4-2-5-11(8-10)14-13(17)15-12-6-3-7-18-12/h2,4-5,8,12H,3,6-7H2,1H3,(H2,14,15,17). The van der Waals surface area contributed by atoms with Crippen LogP contribution in [0.5, 0.6) is 0 Å². The fraction of sp³-hybridized carbons (Fsp3) is 0.385. The van der Waals surface area contributed by atoms with Crippen LogP contribution in [0.25, 0.3) is 0 Å². The van der Waals surface area contributed by atoms with Gasteiger partial charge in [-0.3, -0.25) is 4.79 Å². The van der Waals surface area contributed by atoms with Crippen LogP contribution >= 0.6 is 0 Å². The molecule has 1 unspecified atom stereocenters. The second kappa shape index (κ2) is 5.64. The van der Waals surface area contributed by atoms with Gasteiger partial charge in [-0.2, -0.15) is 0 Å². The topological polar surface area (TPSA) is 67.4 Å². The fourth-order valence-electron chi connectivity index (χ4n) is 1.82. The fourth-order valence-corrected chi connectivity index (χ4v) is 1.82. The van der Waals surface area contributed by atoms with Crippen LogP contribution < -0.4 is 10.6 Å². The second-order valence-electron chi connectivity index (χ2n) is 4.24. The highest BCUT2D eigenvalue weighted by Gasteiger charge is 2.17.